The number of fused-ring (bicyclic) bond motifs is 3. The van der Waals surface area contributed by atoms with Crippen LogP contribution in [0.5, 0.6) is 0 Å². The molecule has 0 fully saturated rings. The molecule has 2 heteroatoms. The number of rotatable bonds is 2. The van der Waals surface area contributed by atoms with Crippen LogP contribution in [0, 0.1) is 0 Å². The van der Waals surface area contributed by atoms with Crippen LogP contribution in [0.15, 0.2) is 42.5 Å². The molecule has 2 aromatic rings. The van der Waals surface area contributed by atoms with E-state index in [-0.39, 0.29) is 3.23 Å². The Balaban J connectivity index is 2.09. The van der Waals surface area contributed by atoms with Gasteiger partial charge in [-0.15, -0.1) is 0 Å². The van der Waals surface area contributed by atoms with Gasteiger partial charge in [-0.2, -0.15) is 0 Å². The molecule has 0 aliphatic heterocycles. The van der Waals surface area contributed by atoms with Crippen LogP contribution in [0.25, 0.3) is 11.1 Å². The lowest BCUT2D eigenvalue weighted by molar-refractivity contribution is 0.862. The molecular formula is C16H14Br2. The molecule has 0 bridgehead atoms. The standard InChI is InChI=1S/C16H14Br2/c1-2-16(17,18)13-7-8-15-12(10-13)9-11-5-3-4-6-14(11)15/h3-8,10H,2,9H2,1H3. The van der Waals surface area contributed by atoms with Gasteiger partial charge in [0.25, 0.3) is 0 Å². The van der Waals surface area contributed by atoms with Gasteiger partial charge in [0.05, 0.1) is 0 Å². The molecule has 1 aliphatic carbocycles. The molecule has 0 spiro atoms. The second kappa shape index (κ2) is 4.50. The fraction of sp³-hybridized carbons (Fsp3) is 0.250. The largest absolute Gasteiger partial charge is 0.105 e. The quantitative estimate of drug-likeness (QED) is 0.517. The van der Waals surface area contributed by atoms with E-state index < -0.39 is 0 Å². The zero-order valence-electron chi connectivity index (χ0n) is 10.2. The summed E-state index contributed by atoms with van der Waals surface area (Å²) in [4.78, 5) is 0. The van der Waals surface area contributed by atoms with Crippen molar-refractivity contribution in [2.24, 2.45) is 0 Å². The van der Waals surface area contributed by atoms with Crippen molar-refractivity contribution < 1.29 is 0 Å². The van der Waals surface area contributed by atoms with Crippen LogP contribution in [0.4, 0.5) is 0 Å². The monoisotopic (exact) mass is 364 g/mol. The molecule has 1 aliphatic rings. The number of benzene rings is 2. The lowest BCUT2D eigenvalue weighted by Gasteiger charge is -2.19. The molecule has 3 rings (SSSR count). The predicted molar refractivity (Wildman–Crippen MR) is 84.5 cm³/mol. The summed E-state index contributed by atoms with van der Waals surface area (Å²) in [5.41, 5.74) is 6.96. The highest BCUT2D eigenvalue weighted by molar-refractivity contribution is 9.24. The van der Waals surface area contributed by atoms with E-state index in [9.17, 15) is 0 Å². The Morgan fingerprint density at radius 3 is 2.50 bits per heavy atom. The Morgan fingerprint density at radius 2 is 1.72 bits per heavy atom. The molecule has 0 nitrogen and oxygen atoms in total. The highest BCUT2D eigenvalue weighted by atomic mass is 79.9. The minimum absolute atomic E-state index is 0.0934. The lowest BCUT2D eigenvalue weighted by Crippen LogP contribution is -2.07. The smallest absolute Gasteiger partial charge is 0.0674 e. The maximum Gasteiger partial charge on any atom is 0.105 e. The molecule has 2 aromatic carbocycles. The third kappa shape index (κ3) is 1.96. The Morgan fingerprint density at radius 1 is 1.00 bits per heavy atom. The van der Waals surface area contributed by atoms with Crippen molar-refractivity contribution in [1.82, 2.24) is 0 Å². The van der Waals surface area contributed by atoms with Crippen molar-refractivity contribution in [2.45, 2.75) is 23.0 Å². The van der Waals surface area contributed by atoms with Gasteiger partial charge in [-0.05, 0) is 40.7 Å². The van der Waals surface area contributed by atoms with Crippen molar-refractivity contribution in [3.8, 4) is 11.1 Å². The molecule has 0 saturated carbocycles. The summed E-state index contributed by atoms with van der Waals surface area (Å²) in [6, 6.07) is 15.5. The highest BCUT2D eigenvalue weighted by Crippen LogP contribution is 2.44. The zero-order chi connectivity index (χ0) is 12.8. The molecule has 0 amide bonds. The van der Waals surface area contributed by atoms with E-state index in [0.29, 0.717) is 0 Å². The third-order valence-electron chi connectivity index (χ3n) is 3.66. The molecule has 92 valence electrons. The molecule has 0 atom stereocenters. The Bertz CT molecular complexity index is 600. The molecule has 0 saturated heterocycles. The normalized spacial score (nSPS) is 13.3. The van der Waals surface area contributed by atoms with Crippen molar-refractivity contribution in [3.63, 3.8) is 0 Å². The number of alkyl halides is 2. The van der Waals surface area contributed by atoms with E-state index in [0.717, 1.165) is 12.8 Å². The first kappa shape index (κ1) is 12.4. The predicted octanol–water partition coefficient (Wildman–Crippen LogP) is 5.61. The van der Waals surface area contributed by atoms with Crippen molar-refractivity contribution in [2.75, 3.05) is 0 Å². The van der Waals surface area contributed by atoms with Crippen LogP contribution in [0.3, 0.4) is 0 Å². The fourth-order valence-corrected chi connectivity index (χ4v) is 3.07. The summed E-state index contributed by atoms with van der Waals surface area (Å²) in [6.45, 7) is 2.17. The van der Waals surface area contributed by atoms with Crippen molar-refractivity contribution in [1.29, 1.82) is 0 Å². The average Bonchev–Trinajstić information content (AvgIpc) is 2.76. The van der Waals surface area contributed by atoms with E-state index in [2.05, 4.69) is 81.2 Å². The lowest BCUT2D eigenvalue weighted by atomic mass is 10.0. The Kier molecular flexibility index (Phi) is 3.11. The van der Waals surface area contributed by atoms with Gasteiger partial charge in [0.2, 0.25) is 0 Å². The molecule has 0 heterocycles. The third-order valence-corrected chi connectivity index (χ3v) is 5.70. The molecule has 18 heavy (non-hydrogen) atoms. The first-order valence-corrected chi connectivity index (χ1v) is 7.80. The Labute approximate surface area is 125 Å². The topological polar surface area (TPSA) is 0 Å². The van der Waals surface area contributed by atoms with Crippen LogP contribution in [0.1, 0.15) is 30.0 Å². The van der Waals surface area contributed by atoms with Crippen LogP contribution in [0.2, 0.25) is 0 Å². The second-order valence-electron chi connectivity index (χ2n) is 4.76. The van der Waals surface area contributed by atoms with Crippen LogP contribution in [-0.4, -0.2) is 0 Å². The van der Waals surface area contributed by atoms with Gasteiger partial charge >= 0.3 is 0 Å². The average molecular weight is 366 g/mol. The minimum atomic E-state index is -0.0934. The molecule has 0 N–H and O–H groups in total. The summed E-state index contributed by atoms with van der Waals surface area (Å²) in [6.07, 6.45) is 2.07. The van der Waals surface area contributed by atoms with Gasteiger partial charge in [-0.1, -0.05) is 81.2 Å². The van der Waals surface area contributed by atoms with E-state index >= 15 is 0 Å². The van der Waals surface area contributed by atoms with Gasteiger partial charge in [0.1, 0.15) is 3.23 Å². The molecule has 0 radical (unpaired) electrons. The van der Waals surface area contributed by atoms with E-state index in [4.69, 9.17) is 0 Å². The van der Waals surface area contributed by atoms with Gasteiger partial charge in [-0.25, -0.2) is 0 Å². The highest BCUT2D eigenvalue weighted by Gasteiger charge is 2.25. The molecular weight excluding hydrogens is 352 g/mol. The first-order valence-electron chi connectivity index (χ1n) is 6.21. The summed E-state index contributed by atoms with van der Waals surface area (Å²) in [7, 11) is 0. The van der Waals surface area contributed by atoms with Crippen LogP contribution < -0.4 is 0 Å². The maximum atomic E-state index is 3.75. The SMILES string of the molecule is CCC(Br)(Br)c1ccc2c(c1)Cc1ccccc1-2. The fourth-order valence-electron chi connectivity index (χ4n) is 2.58. The summed E-state index contributed by atoms with van der Waals surface area (Å²) >= 11 is 7.50. The zero-order valence-corrected chi connectivity index (χ0v) is 13.4. The van der Waals surface area contributed by atoms with Gasteiger partial charge in [-0.3, -0.25) is 0 Å². The van der Waals surface area contributed by atoms with Crippen molar-refractivity contribution >= 4 is 31.9 Å². The minimum Gasteiger partial charge on any atom is -0.0674 e. The van der Waals surface area contributed by atoms with Crippen LogP contribution in [-0.2, 0) is 9.65 Å². The Hall–Kier alpha value is -0.600. The number of hydrogen-bond donors (Lipinski definition) is 0. The summed E-state index contributed by atoms with van der Waals surface area (Å²) < 4.78 is -0.0934. The maximum absolute atomic E-state index is 3.75. The summed E-state index contributed by atoms with van der Waals surface area (Å²) in [5, 5.41) is 0. The van der Waals surface area contributed by atoms with E-state index in [1.54, 1.807) is 0 Å². The second-order valence-corrected chi connectivity index (χ2v) is 8.54. The van der Waals surface area contributed by atoms with Gasteiger partial charge < -0.3 is 0 Å². The van der Waals surface area contributed by atoms with Gasteiger partial charge in [0, 0.05) is 0 Å². The first-order chi connectivity index (χ1) is 8.62. The summed E-state index contributed by atoms with van der Waals surface area (Å²) in [5.74, 6) is 0. The molecule has 0 aromatic heterocycles. The van der Waals surface area contributed by atoms with E-state index in [1.165, 1.54) is 27.8 Å². The molecule has 0 unspecified atom stereocenters. The van der Waals surface area contributed by atoms with E-state index in [1.807, 2.05) is 0 Å². The van der Waals surface area contributed by atoms with Crippen LogP contribution >= 0.6 is 31.9 Å². The van der Waals surface area contributed by atoms with Gasteiger partial charge in [0.15, 0.2) is 0 Å². The van der Waals surface area contributed by atoms with Crippen molar-refractivity contribution in [3.05, 3.63) is 59.2 Å². The number of halogens is 2. The number of hydrogen-bond acceptors (Lipinski definition) is 0.